The third kappa shape index (κ3) is 9.67. The molecule has 0 aromatic heterocycles. The fourth-order valence-electron chi connectivity index (χ4n) is 0.399. The Hall–Kier alpha value is 1.37. The topological polar surface area (TPSA) is 46.5 Å². The predicted octanol–water partition coefficient (Wildman–Crippen LogP) is 3.62. The minimum Gasteiger partial charge on any atom is -0.316 e. The first-order valence-electron chi connectivity index (χ1n) is 3.45. The third-order valence-corrected chi connectivity index (χ3v) is 4.39. The van der Waals surface area contributed by atoms with E-state index in [4.69, 9.17) is 39.7 Å². The van der Waals surface area contributed by atoms with E-state index in [-0.39, 0.29) is 6.61 Å². The van der Waals surface area contributed by atoms with Crippen LogP contribution in [-0.4, -0.2) is 21.0 Å². The van der Waals surface area contributed by atoms with Crippen LogP contribution in [0.4, 0.5) is 0 Å². The molecule has 0 aliphatic rings. The van der Waals surface area contributed by atoms with E-state index in [0.29, 0.717) is 5.75 Å². The lowest BCUT2D eigenvalue weighted by atomic mass is 10.6. The standard InChI is InChI=1S/C5H10Cl3O3PS/c1-2-3-13-12(9,10)11-4-5(6,7)8/h2-4H2,1H3,(H,9,10). The molecule has 0 radical (unpaired) electrons. The quantitative estimate of drug-likeness (QED) is 0.620. The van der Waals surface area contributed by atoms with Crippen LogP contribution in [-0.2, 0) is 9.09 Å². The fraction of sp³-hybridized carbons (Fsp3) is 1.00. The molecule has 0 saturated carbocycles. The Morgan fingerprint density at radius 3 is 2.46 bits per heavy atom. The molecule has 0 heterocycles. The zero-order chi connectivity index (χ0) is 10.5. The zero-order valence-electron chi connectivity index (χ0n) is 6.87. The minimum atomic E-state index is -3.64. The van der Waals surface area contributed by atoms with Crippen molar-refractivity contribution in [3.63, 3.8) is 0 Å². The van der Waals surface area contributed by atoms with E-state index < -0.39 is 10.6 Å². The van der Waals surface area contributed by atoms with Crippen molar-refractivity contribution in [3.8, 4) is 0 Å². The fourth-order valence-corrected chi connectivity index (χ4v) is 3.26. The van der Waals surface area contributed by atoms with Crippen molar-refractivity contribution in [1.29, 1.82) is 0 Å². The van der Waals surface area contributed by atoms with Crippen LogP contribution in [0.15, 0.2) is 0 Å². The van der Waals surface area contributed by atoms with Crippen molar-refractivity contribution < 1.29 is 14.0 Å². The van der Waals surface area contributed by atoms with E-state index in [9.17, 15) is 4.57 Å². The second-order valence-electron chi connectivity index (χ2n) is 2.19. The summed E-state index contributed by atoms with van der Waals surface area (Å²) in [6.07, 6.45) is 0.784. The van der Waals surface area contributed by atoms with Crippen LogP contribution in [0, 0.1) is 0 Å². The largest absolute Gasteiger partial charge is 0.386 e. The monoisotopic (exact) mass is 286 g/mol. The van der Waals surface area contributed by atoms with E-state index in [1.807, 2.05) is 6.92 Å². The number of hydrogen-bond donors (Lipinski definition) is 1. The average Bonchev–Trinajstić information content (AvgIpc) is 1.97. The molecular weight excluding hydrogens is 277 g/mol. The van der Waals surface area contributed by atoms with Gasteiger partial charge in [-0.05, 0) is 17.8 Å². The van der Waals surface area contributed by atoms with Crippen LogP contribution in [0.5, 0.6) is 0 Å². The molecule has 0 fully saturated rings. The summed E-state index contributed by atoms with van der Waals surface area (Å²) >= 11 is 16.8. The highest BCUT2D eigenvalue weighted by Crippen LogP contribution is 2.56. The van der Waals surface area contributed by atoms with E-state index in [1.165, 1.54) is 0 Å². The highest BCUT2D eigenvalue weighted by atomic mass is 35.6. The molecule has 80 valence electrons. The summed E-state index contributed by atoms with van der Waals surface area (Å²) in [5.74, 6) is 0.535. The number of hydrogen-bond acceptors (Lipinski definition) is 3. The van der Waals surface area contributed by atoms with Crippen molar-refractivity contribution in [2.24, 2.45) is 0 Å². The number of rotatable bonds is 5. The maximum Gasteiger partial charge on any atom is 0.386 e. The van der Waals surface area contributed by atoms with Gasteiger partial charge >= 0.3 is 6.80 Å². The van der Waals surface area contributed by atoms with Crippen molar-refractivity contribution in [1.82, 2.24) is 0 Å². The Morgan fingerprint density at radius 1 is 1.54 bits per heavy atom. The van der Waals surface area contributed by atoms with Gasteiger partial charge in [-0.1, -0.05) is 41.7 Å². The van der Waals surface area contributed by atoms with Crippen molar-refractivity contribution in [2.45, 2.75) is 17.1 Å². The first-order valence-corrected chi connectivity index (χ1v) is 7.75. The van der Waals surface area contributed by atoms with Gasteiger partial charge in [0.2, 0.25) is 3.79 Å². The predicted molar refractivity (Wildman–Crippen MR) is 58.8 cm³/mol. The third-order valence-electron chi connectivity index (χ3n) is 0.850. The second-order valence-corrected chi connectivity index (χ2v) is 8.73. The molecule has 1 atom stereocenters. The van der Waals surface area contributed by atoms with Crippen LogP contribution in [0.2, 0.25) is 0 Å². The molecule has 0 aromatic carbocycles. The maximum absolute atomic E-state index is 11.1. The van der Waals surface area contributed by atoms with Gasteiger partial charge in [-0.25, -0.2) is 4.57 Å². The van der Waals surface area contributed by atoms with Gasteiger partial charge in [-0.15, -0.1) is 0 Å². The second kappa shape index (κ2) is 6.06. The van der Waals surface area contributed by atoms with Crippen LogP contribution < -0.4 is 0 Å². The molecule has 0 aliphatic carbocycles. The summed E-state index contributed by atoms with van der Waals surface area (Å²) in [5, 5.41) is 0. The number of alkyl halides is 3. The molecular formula is C5H10Cl3O3PS. The summed E-state index contributed by atoms with van der Waals surface area (Å²) in [7, 11) is 0. The highest BCUT2D eigenvalue weighted by molar-refractivity contribution is 8.54. The SMILES string of the molecule is CCCSP(=O)(O)OCC(Cl)(Cl)Cl. The van der Waals surface area contributed by atoms with Gasteiger partial charge in [0.05, 0.1) is 0 Å². The van der Waals surface area contributed by atoms with Gasteiger partial charge in [0, 0.05) is 5.75 Å². The summed E-state index contributed by atoms with van der Waals surface area (Å²) in [5.41, 5.74) is 0. The Labute approximate surface area is 96.4 Å². The molecule has 0 aliphatic heterocycles. The van der Waals surface area contributed by atoms with Gasteiger partial charge in [-0.2, -0.15) is 0 Å². The molecule has 0 amide bonds. The normalized spacial score (nSPS) is 17.0. The maximum atomic E-state index is 11.1. The molecule has 0 aromatic rings. The summed E-state index contributed by atoms with van der Waals surface area (Å²) in [6.45, 7) is -2.14. The van der Waals surface area contributed by atoms with Gasteiger partial charge in [-0.3, -0.25) is 4.52 Å². The highest BCUT2D eigenvalue weighted by Gasteiger charge is 2.27. The van der Waals surface area contributed by atoms with Gasteiger partial charge < -0.3 is 4.89 Å². The zero-order valence-corrected chi connectivity index (χ0v) is 10.9. The van der Waals surface area contributed by atoms with E-state index in [1.54, 1.807) is 0 Å². The molecule has 0 saturated heterocycles. The Bertz CT molecular complexity index is 196. The Kier molecular flexibility index (Phi) is 6.70. The Balaban J connectivity index is 3.83. The lowest BCUT2D eigenvalue weighted by Crippen LogP contribution is -2.11. The van der Waals surface area contributed by atoms with Crippen LogP contribution in [0.3, 0.4) is 0 Å². The minimum absolute atomic E-state index is 0.387. The molecule has 1 N–H and O–H groups in total. The van der Waals surface area contributed by atoms with Gasteiger partial charge in [0.25, 0.3) is 0 Å². The van der Waals surface area contributed by atoms with Crippen LogP contribution >= 0.6 is 53.0 Å². The van der Waals surface area contributed by atoms with Crippen molar-refractivity contribution >= 4 is 53.0 Å². The first-order chi connectivity index (χ1) is 5.77. The number of halogens is 3. The van der Waals surface area contributed by atoms with Gasteiger partial charge in [0.1, 0.15) is 6.61 Å². The van der Waals surface area contributed by atoms with Crippen LogP contribution in [0.1, 0.15) is 13.3 Å². The molecule has 8 heteroatoms. The summed E-state index contributed by atoms with van der Waals surface area (Å²) < 4.78 is 14.1. The van der Waals surface area contributed by atoms with Gasteiger partial charge in [0.15, 0.2) is 0 Å². The molecule has 13 heavy (non-hydrogen) atoms. The lowest BCUT2D eigenvalue weighted by molar-refractivity contribution is 0.281. The Morgan fingerprint density at radius 2 is 2.08 bits per heavy atom. The molecule has 1 unspecified atom stereocenters. The molecule has 0 rings (SSSR count). The average molecular weight is 288 g/mol. The summed E-state index contributed by atoms with van der Waals surface area (Å²) in [6, 6.07) is 0. The van der Waals surface area contributed by atoms with E-state index in [0.717, 1.165) is 17.8 Å². The van der Waals surface area contributed by atoms with Crippen molar-refractivity contribution in [2.75, 3.05) is 12.4 Å². The smallest absolute Gasteiger partial charge is 0.316 e. The van der Waals surface area contributed by atoms with Crippen LogP contribution in [0.25, 0.3) is 0 Å². The van der Waals surface area contributed by atoms with E-state index in [2.05, 4.69) is 4.52 Å². The molecule has 3 nitrogen and oxygen atoms in total. The lowest BCUT2D eigenvalue weighted by Gasteiger charge is -2.14. The van der Waals surface area contributed by atoms with Crippen molar-refractivity contribution in [3.05, 3.63) is 0 Å². The molecule has 0 spiro atoms. The first kappa shape index (κ1) is 14.4. The summed E-state index contributed by atoms with van der Waals surface area (Å²) in [4.78, 5) is 9.13. The van der Waals surface area contributed by atoms with E-state index >= 15 is 0 Å². The molecule has 0 bridgehead atoms.